The second-order valence-electron chi connectivity index (χ2n) is 7.81. The highest BCUT2D eigenvalue weighted by Crippen LogP contribution is 2.72. The van der Waals surface area contributed by atoms with Crippen LogP contribution in [0.2, 0.25) is 0 Å². The molecule has 6 heteroatoms. The Morgan fingerprint density at radius 1 is 1.19 bits per heavy atom. The molecule has 1 aromatic rings. The third-order valence-corrected chi connectivity index (χ3v) is 7.26. The number of benzene rings is 1. The van der Waals surface area contributed by atoms with Crippen LogP contribution in [0.5, 0.6) is 11.5 Å². The van der Waals surface area contributed by atoms with Crippen molar-refractivity contribution in [2.45, 2.75) is 42.1 Å². The molecule has 0 saturated carbocycles. The summed E-state index contributed by atoms with van der Waals surface area (Å²) in [6, 6.07) is 4.00. The molecule has 2 saturated heterocycles. The van der Waals surface area contributed by atoms with Crippen molar-refractivity contribution in [1.82, 2.24) is 4.90 Å². The van der Waals surface area contributed by atoms with E-state index in [1.54, 1.807) is 21.3 Å². The molecule has 0 radical (unpaired) electrons. The van der Waals surface area contributed by atoms with E-state index < -0.39 is 11.3 Å². The van der Waals surface area contributed by atoms with Crippen LogP contribution >= 0.6 is 0 Å². The zero-order chi connectivity index (χ0) is 18.3. The van der Waals surface area contributed by atoms with Gasteiger partial charge in [0, 0.05) is 17.4 Å². The van der Waals surface area contributed by atoms with Gasteiger partial charge in [-0.25, -0.2) is 0 Å². The Bertz CT molecular complexity index is 823. The summed E-state index contributed by atoms with van der Waals surface area (Å²) in [6.07, 6.45) is 4.22. The van der Waals surface area contributed by atoms with Crippen molar-refractivity contribution in [2.24, 2.45) is 0 Å². The van der Waals surface area contributed by atoms with Crippen molar-refractivity contribution < 1.29 is 24.1 Å². The van der Waals surface area contributed by atoms with Crippen LogP contribution in [0.25, 0.3) is 0 Å². The monoisotopic (exact) mass is 359 g/mol. The Morgan fingerprint density at radius 3 is 2.69 bits per heavy atom. The van der Waals surface area contributed by atoms with E-state index in [1.807, 2.05) is 12.1 Å². The van der Waals surface area contributed by atoms with Gasteiger partial charge in [0.25, 0.3) is 0 Å². The summed E-state index contributed by atoms with van der Waals surface area (Å²) in [5, 5.41) is 11.8. The van der Waals surface area contributed by atoms with E-state index in [0.29, 0.717) is 5.76 Å². The van der Waals surface area contributed by atoms with E-state index in [1.165, 1.54) is 0 Å². The third kappa shape index (κ3) is 1.45. The standard InChI is InChI=1S/C20H25NO5/c1-21-10-9-18-8-7-15(24-3)20(22)19(18,21)11-14(26-20)12-5-6-13(23-2)17(25-4)16(12)18/h5-7,14,22H,8-11H2,1-4H3. The minimum atomic E-state index is -1.47. The number of methoxy groups -OCH3 is 3. The van der Waals surface area contributed by atoms with Crippen LogP contribution in [-0.2, 0) is 14.9 Å². The Kier molecular flexibility index (Phi) is 3.12. The number of rotatable bonds is 3. The minimum absolute atomic E-state index is 0.208. The minimum Gasteiger partial charge on any atom is -0.496 e. The highest BCUT2D eigenvalue weighted by atomic mass is 16.7. The first kappa shape index (κ1) is 16.4. The largest absolute Gasteiger partial charge is 0.496 e. The first-order valence-corrected chi connectivity index (χ1v) is 9.10. The highest BCUT2D eigenvalue weighted by Gasteiger charge is 2.79. The summed E-state index contributed by atoms with van der Waals surface area (Å²) in [5.74, 6) is 0.531. The maximum absolute atomic E-state index is 11.8. The van der Waals surface area contributed by atoms with Crippen LogP contribution in [0.15, 0.2) is 24.0 Å². The smallest absolute Gasteiger partial charge is 0.245 e. The number of allylic oxidation sites excluding steroid dienone is 1. The van der Waals surface area contributed by atoms with Crippen molar-refractivity contribution >= 4 is 0 Å². The molecule has 2 aliphatic heterocycles. The van der Waals surface area contributed by atoms with Gasteiger partial charge in [-0.05, 0) is 44.1 Å². The van der Waals surface area contributed by atoms with E-state index in [2.05, 4.69) is 18.0 Å². The molecule has 4 atom stereocenters. The summed E-state index contributed by atoms with van der Waals surface area (Å²) in [7, 11) is 7.02. The van der Waals surface area contributed by atoms with Gasteiger partial charge in [-0.3, -0.25) is 4.90 Å². The fourth-order valence-corrected chi connectivity index (χ4v) is 6.28. The van der Waals surface area contributed by atoms with Crippen molar-refractivity contribution in [3.8, 4) is 11.5 Å². The molecule has 6 nitrogen and oxygen atoms in total. The SMILES string of the molecule is COC1=CCC23CCN(C)C24CC(OC14O)c1ccc(OC)c(OC)c13. The molecule has 2 heterocycles. The Hall–Kier alpha value is -1.76. The molecular formula is C20H25NO5. The van der Waals surface area contributed by atoms with Gasteiger partial charge >= 0.3 is 0 Å². The van der Waals surface area contributed by atoms with E-state index >= 15 is 0 Å². The number of nitrogens with zero attached hydrogens (tertiary/aromatic N) is 1. The van der Waals surface area contributed by atoms with Gasteiger partial charge < -0.3 is 24.1 Å². The number of hydrogen-bond donors (Lipinski definition) is 1. The third-order valence-electron chi connectivity index (χ3n) is 7.26. The molecule has 1 spiro atoms. The van der Waals surface area contributed by atoms with E-state index in [-0.39, 0.29) is 11.5 Å². The average molecular weight is 359 g/mol. The second-order valence-corrected chi connectivity index (χ2v) is 7.81. The summed E-state index contributed by atoms with van der Waals surface area (Å²) in [6.45, 7) is 0.878. The fourth-order valence-electron chi connectivity index (χ4n) is 6.28. The molecule has 2 fully saturated rings. The van der Waals surface area contributed by atoms with Gasteiger partial charge in [-0.15, -0.1) is 0 Å². The van der Waals surface area contributed by atoms with E-state index in [0.717, 1.165) is 48.4 Å². The first-order valence-electron chi connectivity index (χ1n) is 9.10. The fraction of sp³-hybridized carbons (Fsp3) is 0.600. The predicted molar refractivity (Wildman–Crippen MR) is 94.3 cm³/mol. The maximum Gasteiger partial charge on any atom is 0.245 e. The number of likely N-dealkylation sites (N-methyl/N-ethyl adjacent to an activating group) is 1. The maximum atomic E-state index is 11.8. The van der Waals surface area contributed by atoms with Gasteiger partial charge in [0.15, 0.2) is 17.3 Å². The molecule has 0 aromatic heterocycles. The molecule has 2 bridgehead atoms. The predicted octanol–water partition coefficient (Wildman–Crippen LogP) is 2.11. The van der Waals surface area contributed by atoms with Crippen LogP contribution in [0.1, 0.15) is 36.5 Å². The van der Waals surface area contributed by atoms with Gasteiger partial charge in [0.1, 0.15) is 0 Å². The number of likely N-dealkylation sites (tertiary alicyclic amines) is 1. The zero-order valence-corrected chi connectivity index (χ0v) is 15.7. The van der Waals surface area contributed by atoms with E-state index in [9.17, 15) is 5.11 Å². The van der Waals surface area contributed by atoms with Crippen molar-refractivity contribution in [3.63, 3.8) is 0 Å². The molecule has 26 heavy (non-hydrogen) atoms. The molecule has 1 N–H and O–H groups in total. The van der Waals surface area contributed by atoms with Gasteiger partial charge in [-0.1, -0.05) is 6.07 Å². The van der Waals surface area contributed by atoms with Gasteiger partial charge in [-0.2, -0.15) is 0 Å². The van der Waals surface area contributed by atoms with Crippen molar-refractivity contribution in [2.75, 3.05) is 34.9 Å². The molecule has 1 aromatic carbocycles. The molecule has 4 aliphatic rings. The molecular weight excluding hydrogens is 334 g/mol. The Morgan fingerprint density at radius 2 is 2.00 bits per heavy atom. The van der Waals surface area contributed by atoms with Gasteiger partial charge in [0.2, 0.25) is 5.79 Å². The van der Waals surface area contributed by atoms with Crippen LogP contribution in [0.4, 0.5) is 0 Å². The van der Waals surface area contributed by atoms with Crippen LogP contribution < -0.4 is 9.47 Å². The Balaban J connectivity index is 1.88. The molecule has 4 unspecified atom stereocenters. The molecule has 2 aliphatic carbocycles. The summed E-state index contributed by atoms with van der Waals surface area (Å²) in [5.41, 5.74) is 1.34. The summed E-state index contributed by atoms with van der Waals surface area (Å²) < 4.78 is 23.3. The van der Waals surface area contributed by atoms with Crippen molar-refractivity contribution in [1.29, 1.82) is 0 Å². The second kappa shape index (κ2) is 4.94. The average Bonchev–Trinajstić information content (AvgIpc) is 3.13. The lowest BCUT2D eigenvalue weighted by Crippen LogP contribution is -2.69. The summed E-state index contributed by atoms with van der Waals surface area (Å²) in [4.78, 5) is 2.26. The highest BCUT2D eigenvalue weighted by molar-refractivity contribution is 5.62. The quantitative estimate of drug-likeness (QED) is 0.892. The summed E-state index contributed by atoms with van der Waals surface area (Å²) >= 11 is 0. The van der Waals surface area contributed by atoms with Crippen molar-refractivity contribution in [3.05, 3.63) is 35.1 Å². The van der Waals surface area contributed by atoms with Crippen LogP contribution in [0, 0.1) is 0 Å². The Labute approximate surface area is 153 Å². The lowest BCUT2D eigenvalue weighted by molar-refractivity contribution is -0.242. The van der Waals surface area contributed by atoms with E-state index in [4.69, 9.17) is 18.9 Å². The topological polar surface area (TPSA) is 60.4 Å². The molecule has 5 rings (SSSR count). The van der Waals surface area contributed by atoms with Crippen LogP contribution in [-0.4, -0.2) is 56.3 Å². The van der Waals surface area contributed by atoms with Crippen LogP contribution in [0.3, 0.4) is 0 Å². The van der Waals surface area contributed by atoms with Gasteiger partial charge in [0.05, 0.1) is 33.0 Å². The molecule has 140 valence electrons. The zero-order valence-electron chi connectivity index (χ0n) is 15.7. The molecule has 0 amide bonds. The lowest BCUT2D eigenvalue weighted by atomic mass is 9.53. The first-order chi connectivity index (χ1) is 12.5. The number of hydrogen-bond acceptors (Lipinski definition) is 6. The number of fused-ring (bicyclic) bond motifs is 3. The lowest BCUT2D eigenvalue weighted by Gasteiger charge is -2.56. The number of ether oxygens (including phenoxy) is 4. The normalized spacial score (nSPS) is 39.9. The number of aliphatic hydroxyl groups is 1.